The molecule has 0 spiro atoms. The molecular weight excluding hydrogens is 455 g/mol. The van der Waals surface area contributed by atoms with Gasteiger partial charge in [0, 0.05) is 0 Å². The molecule has 3 rings (SSSR count). The van der Waals surface area contributed by atoms with Crippen LogP contribution in [0.5, 0.6) is 0 Å². The monoisotopic (exact) mass is 469 g/mol. The molecule has 3 aromatic rings. The van der Waals surface area contributed by atoms with E-state index in [2.05, 4.69) is 0 Å². The lowest BCUT2D eigenvalue weighted by atomic mass is 10.2. The highest BCUT2D eigenvalue weighted by molar-refractivity contribution is 7.92. The van der Waals surface area contributed by atoms with Crippen LogP contribution in [0.1, 0.15) is 21.5 Å². The molecule has 5 nitrogen and oxygen atoms in total. The zero-order valence-corrected chi connectivity index (χ0v) is 17.3. The van der Waals surface area contributed by atoms with Gasteiger partial charge in [-0.05, 0) is 42.0 Å². The third kappa shape index (κ3) is 5.77. The molecule has 0 aliphatic carbocycles. The summed E-state index contributed by atoms with van der Waals surface area (Å²) >= 11 is 5.85. The van der Waals surface area contributed by atoms with Gasteiger partial charge < -0.3 is 4.74 Å². The summed E-state index contributed by atoms with van der Waals surface area (Å²) in [4.78, 5) is 11.9. The Bertz CT molecular complexity index is 1200. The van der Waals surface area contributed by atoms with Crippen molar-refractivity contribution in [1.29, 1.82) is 0 Å². The molecular formula is C21H15ClF3NO4S. The molecule has 0 saturated heterocycles. The van der Waals surface area contributed by atoms with E-state index in [1.165, 1.54) is 18.2 Å². The van der Waals surface area contributed by atoms with Crippen LogP contribution in [0, 0.1) is 0 Å². The maximum absolute atomic E-state index is 12.9. The Kier molecular flexibility index (Phi) is 6.56. The molecule has 0 aliphatic rings. The number of anilines is 1. The number of benzene rings is 3. The van der Waals surface area contributed by atoms with Gasteiger partial charge in [-0.1, -0.05) is 48.0 Å². The topological polar surface area (TPSA) is 72.5 Å². The lowest BCUT2D eigenvalue weighted by Crippen LogP contribution is -2.15. The molecule has 0 heterocycles. The van der Waals surface area contributed by atoms with E-state index in [9.17, 15) is 26.4 Å². The first-order chi connectivity index (χ1) is 14.6. The summed E-state index contributed by atoms with van der Waals surface area (Å²) in [7, 11) is -4.33. The summed E-state index contributed by atoms with van der Waals surface area (Å²) in [6.45, 7) is -0.00521. The zero-order valence-electron chi connectivity index (χ0n) is 15.7. The van der Waals surface area contributed by atoms with Crippen LogP contribution in [0.4, 0.5) is 18.9 Å². The summed E-state index contributed by atoms with van der Waals surface area (Å²) in [6, 6.07) is 16.1. The Labute approximate surface area is 181 Å². The van der Waals surface area contributed by atoms with Crippen molar-refractivity contribution in [2.75, 3.05) is 4.72 Å². The number of halogens is 4. The molecule has 0 unspecified atom stereocenters. The van der Waals surface area contributed by atoms with E-state index in [0.29, 0.717) is 6.07 Å². The Morgan fingerprint density at radius 1 is 0.968 bits per heavy atom. The van der Waals surface area contributed by atoms with Crippen molar-refractivity contribution < 1.29 is 31.1 Å². The largest absolute Gasteiger partial charge is 0.457 e. The molecule has 162 valence electrons. The fourth-order valence-electron chi connectivity index (χ4n) is 2.58. The van der Waals surface area contributed by atoms with E-state index in [0.717, 1.165) is 23.8 Å². The van der Waals surface area contributed by atoms with E-state index < -0.39 is 33.4 Å². The van der Waals surface area contributed by atoms with Gasteiger partial charge in [-0.2, -0.15) is 13.2 Å². The molecule has 0 aromatic heterocycles. The minimum Gasteiger partial charge on any atom is -0.457 e. The van der Waals surface area contributed by atoms with Crippen molar-refractivity contribution in [2.45, 2.75) is 17.7 Å². The summed E-state index contributed by atoms with van der Waals surface area (Å²) in [5, 5.41) is -0.213. The maximum atomic E-state index is 12.9. The number of esters is 1. The number of alkyl halides is 3. The second-order valence-electron chi connectivity index (χ2n) is 6.39. The summed E-state index contributed by atoms with van der Waals surface area (Å²) in [5.41, 5.74) is -0.782. The van der Waals surface area contributed by atoms with Gasteiger partial charge in [0.1, 0.15) is 6.61 Å². The van der Waals surface area contributed by atoms with Gasteiger partial charge in [0.05, 0.1) is 26.7 Å². The predicted octanol–water partition coefficient (Wildman–Crippen LogP) is 5.52. The van der Waals surface area contributed by atoms with E-state index in [1.807, 2.05) is 10.8 Å². The molecule has 0 amide bonds. The Morgan fingerprint density at radius 3 is 2.35 bits per heavy atom. The van der Waals surface area contributed by atoms with Crippen LogP contribution in [0.2, 0.25) is 5.02 Å². The zero-order chi connectivity index (χ0) is 22.6. The van der Waals surface area contributed by atoms with E-state index in [1.54, 1.807) is 24.3 Å². The molecule has 0 fully saturated rings. The first kappa shape index (κ1) is 22.6. The van der Waals surface area contributed by atoms with Gasteiger partial charge in [-0.15, -0.1) is 0 Å². The van der Waals surface area contributed by atoms with Gasteiger partial charge in [0.25, 0.3) is 10.0 Å². The van der Waals surface area contributed by atoms with Gasteiger partial charge in [0.15, 0.2) is 0 Å². The first-order valence-electron chi connectivity index (χ1n) is 8.77. The Morgan fingerprint density at radius 2 is 1.68 bits per heavy atom. The fourth-order valence-corrected chi connectivity index (χ4v) is 3.92. The normalized spacial score (nSPS) is 11.7. The highest BCUT2D eigenvalue weighted by Crippen LogP contribution is 2.34. The number of hydrogen-bond donors (Lipinski definition) is 1. The smallest absolute Gasteiger partial charge is 0.416 e. The first-order valence-corrected chi connectivity index (χ1v) is 10.6. The SMILES string of the molecule is O=C(OCc1ccccc1)c1cccc(S(=O)(=O)Nc2cc(C(F)(F)F)ccc2Cl)c1. The molecule has 0 bridgehead atoms. The van der Waals surface area contributed by atoms with Crippen molar-refractivity contribution in [2.24, 2.45) is 0 Å². The Balaban J connectivity index is 1.80. The van der Waals surface area contributed by atoms with Crippen molar-refractivity contribution in [1.82, 2.24) is 0 Å². The second-order valence-corrected chi connectivity index (χ2v) is 8.48. The fraction of sp³-hybridized carbons (Fsp3) is 0.0952. The van der Waals surface area contributed by atoms with Crippen LogP contribution in [0.15, 0.2) is 77.7 Å². The number of ether oxygens (including phenoxy) is 1. The molecule has 0 aliphatic heterocycles. The molecule has 3 aromatic carbocycles. The summed E-state index contributed by atoms with van der Waals surface area (Å²) in [5.74, 6) is -0.752. The number of carbonyl (C=O) groups excluding carboxylic acids is 1. The quantitative estimate of drug-likeness (QED) is 0.483. The average molecular weight is 470 g/mol. The van der Waals surface area contributed by atoms with Crippen LogP contribution in [-0.4, -0.2) is 14.4 Å². The number of sulfonamides is 1. The molecule has 31 heavy (non-hydrogen) atoms. The standard InChI is InChI=1S/C21H15ClF3NO4S/c22-18-10-9-16(21(23,24)25)12-19(18)26-31(28,29)17-8-4-7-15(11-17)20(27)30-13-14-5-2-1-3-6-14/h1-12,26H,13H2. The number of carbonyl (C=O) groups is 1. The van der Waals surface area contributed by atoms with E-state index >= 15 is 0 Å². The third-order valence-corrected chi connectivity index (χ3v) is 5.82. The lowest BCUT2D eigenvalue weighted by Gasteiger charge is -2.13. The molecule has 0 saturated carbocycles. The van der Waals surface area contributed by atoms with Gasteiger partial charge in [0.2, 0.25) is 0 Å². The van der Waals surface area contributed by atoms with Crippen LogP contribution in [0.25, 0.3) is 0 Å². The number of nitrogens with one attached hydrogen (secondary N) is 1. The van der Waals surface area contributed by atoms with Crippen LogP contribution in [0.3, 0.4) is 0 Å². The van der Waals surface area contributed by atoms with Gasteiger partial charge in [-0.25, -0.2) is 13.2 Å². The van der Waals surface area contributed by atoms with E-state index in [4.69, 9.17) is 16.3 Å². The van der Waals surface area contributed by atoms with Crippen LogP contribution >= 0.6 is 11.6 Å². The number of rotatable bonds is 6. The van der Waals surface area contributed by atoms with E-state index in [-0.39, 0.29) is 22.1 Å². The van der Waals surface area contributed by atoms with Crippen molar-refractivity contribution in [3.05, 3.63) is 94.5 Å². The second kappa shape index (κ2) is 8.99. The van der Waals surface area contributed by atoms with Crippen LogP contribution < -0.4 is 4.72 Å². The molecule has 0 radical (unpaired) electrons. The number of hydrogen-bond acceptors (Lipinski definition) is 4. The van der Waals surface area contributed by atoms with Gasteiger partial charge in [-0.3, -0.25) is 4.72 Å². The minimum absolute atomic E-state index is 0.00521. The van der Waals surface area contributed by atoms with Gasteiger partial charge >= 0.3 is 12.1 Å². The van der Waals surface area contributed by atoms with Crippen molar-refractivity contribution >= 4 is 33.3 Å². The maximum Gasteiger partial charge on any atom is 0.416 e. The average Bonchev–Trinajstić information content (AvgIpc) is 2.73. The summed E-state index contributed by atoms with van der Waals surface area (Å²) in [6.07, 6.45) is -4.67. The Hall–Kier alpha value is -3.04. The summed E-state index contributed by atoms with van der Waals surface area (Å²) < 4.78 is 71.3. The predicted molar refractivity (Wildman–Crippen MR) is 109 cm³/mol. The molecule has 0 atom stereocenters. The van der Waals surface area contributed by atoms with Crippen molar-refractivity contribution in [3.63, 3.8) is 0 Å². The molecule has 1 N–H and O–H groups in total. The molecule has 10 heteroatoms. The minimum atomic E-state index is -4.67. The lowest BCUT2D eigenvalue weighted by molar-refractivity contribution is -0.137. The highest BCUT2D eigenvalue weighted by Gasteiger charge is 2.31. The highest BCUT2D eigenvalue weighted by atomic mass is 35.5. The van der Waals surface area contributed by atoms with Crippen LogP contribution in [-0.2, 0) is 27.5 Å². The third-order valence-electron chi connectivity index (χ3n) is 4.13. The van der Waals surface area contributed by atoms with Crippen molar-refractivity contribution in [3.8, 4) is 0 Å².